The predicted molar refractivity (Wildman–Crippen MR) is 95.2 cm³/mol. The number of nitrogens with zero attached hydrogens (tertiary/aromatic N) is 1. The number of fused-ring (bicyclic) bond motifs is 1. The van der Waals surface area contributed by atoms with Crippen molar-refractivity contribution in [2.24, 2.45) is 5.73 Å². The molecule has 2 atom stereocenters. The van der Waals surface area contributed by atoms with E-state index in [1.54, 1.807) is 26.0 Å². The van der Waals surface area contributed by atoms with Crippen LogP contribution in [0.1, 0.15) is 30.5 Å². The van der Waals surface area contributed by atoms with Crippen molar-refractivity contribution in [1.29, 1.82) is 0 Å². The summed E-state index contributed by atoms with van der Waals surface area (Å²) in [6.07, 6.45) is 0.725. The first-order valence-electron chi connectivity index (χ1n) is 7.80. The average molecular weight is 373 g/mol. The Labute approximate surface area is 153 Å². The van der Waals surface area contributed by atoms with Crippen LogP contribution >= 0.6 is 12.4 Å². The first-order valence-corrected chi connectivity index (χ1v) is 7.80. The van der Waals surface area contributed by atoms with E-state index in [9.17, 15) is 9.59 Å². The standard InChI is InChI=1S/C17H24N2O5.ClH/c1-10(18)17(21)19-6-5-11-7-14(22-2)15(23-3)8-12(11)13(19)9-16(20)24-4;/h7-8,10,13H,5-6,9,18H2,1-4H3;1H. The van der Waals surface area contributed by atoms with Gasteiger partial charge in [0.15, 0.2) is 11.5 Å². The van der Waals surface area contributed by atoms with Crippen molar-refractivity contribution in [1.82, 2.24) is 4.90 Å². The van der Waals surface area contributed by atoms with E-state index in [0.29, 0.717) is 24.5 Å². The van der Waals surface area contributed by atoms with Crippen LogP contribution in [0, 0.1) is 0 Å². The van der Waals surface area contributed by atoms with E-state index in [2.05, 4.69) is 0 Å². The Morgan fingerprint density at radius 1 is 1.24 bits per heavy atom. The lowest BCUT2D eigenvalue weighted by molar-refractivity contribution is -0.144. The lowest BCUT2D eigenvalue weighted by atomic mass is 9.89. The third kappa shape index (κ3) is 4.35. The Kier molecular flexibility index (Phi) is 7.51. The zero-order valence-corrected chi connectivity index (χ0v) is 15.7. The van der Waals surface area contributed by atoms with Gasteiger partial charge in [-0.1, -0.05) is 0 Å². The molecule has 2 rings (SSSR count). The van der Waals surface area contributed by atoms with Crippen molar-refractivity contribution in [2.75, 3.05) is 27.9 Å². The Balaban J connectivity index is 0.00000312. The molecule has 0 fully saturated rings. The van der Waals surface area contributed by atoms with Crippen molar-refractivity contribution in [3.63, 3.8) is 0 Å². The molecule has 2 N–H and O–H groups in total. The number of carbonyl (C=O) groups is 2. The van der Waals surface area contributed by atoms with Gasteiger partial charge >= 0.3 is 5.97 Å². The molecule has 0 bridgehead atoms. The van der Waals surface area contributed by atoms with Gasteiger partial charge in [0, 0.05) is 6.54 Å². The highest BCUT2D eigenvalue weighted by atomic mass is 35.5. The minimum absolute atomic E-state index is 0. The van der Waals surface area contributed by atoms with Crippen LogP contribution in [0.5, 0.6) is 11.5 Å². The summed E-state index contributed by atoms with van der Waals surface area (Å²) >= 11 is 0. The zero-order valence-electron chi connectivity index (χ0n) is 14.9. The molecular weight excluding hydrogens is 348 g/mol. The fourth-order valence-corrected chi connectivity index (χ4v) is 3.01. The van der Waals surface area contributed by atoms with Crippen molar-refractivity contribution in [2.45, 2.75) is 31.8 Å². The van der Waals surface area contributed by atoms with Crippen LogP contribution in [-0.2, 0) is 20.7 Å². The highest BCUT2D eigenvalue weighted by molar-refractivity contribution is 5.85. The molecule has 1 amide bonds. The minimum Gasteiger partial charge on any atom is -0.493 e. The topological polar surface area (TPSA) is 91.1 Å². The fourth-order valence-electron chi connectivity index (χ4n) is 3.01. The van der Waals surface area contributed by atoms with Gasteiger partial charge in [0.05, 0.1) is 39.8 Å². The maximum absolute atomic E-state index is 12.5. The number of halogens is 1. The van der Waals surface area contributed by atoms with Crippen LogP contribution in [-0.4, -0.2) is 50.7 Å². The third-order valence-electron chi connectivity index (χ3n) is 4.26. The predicted octanol–water partition coefficient (Wildman–Crippen LogP) is 1.46. The highest BCUT2D eigenvalue weighted by Crippen LogP contribution is 2.39. The van der Waals surface area contributed by atoms with Crippen LogP contribution in [0.3, 0.4) is 0 Å². The van der Waals surface area contributed by atoms with Gasteiger partial charge in [-0.25, -0.2) is 0 Å². The number of esters is 1. The second kappa shape index (κ2) is 8.92. The number of rotatable bonds is 5. The summed E-state index contributed by atoms with van der Waals surface area (Å²) in [5, 5.41) is 0. The molecule has 1 aliphatic rings. The van der Waals surface area contributed by atoms with E-state index < -0.39 is 12.1 Å². The summed E-state index contributed by atoms with van der Waals surface area (Å²) in [7, 11) is 4.45. The number of hydrogen-bond acceptors (Lipinski definition) is 6. The summed E-state index contributed by atoms with van der Waals surface area (Å²) in [5.74, 6) is 0.607. The number of ether oxygens (including phenoxy) is 3. The average Bonchev–Trinajstić information content (AvgIpc) is 2.59. The van der Waals surface area contributed by atoms with Crippen molar-refractivity contribution in [3.8, 4) is 11.5 Å². The van der Waals surface area contributed by atoms with Gasteiger partial charge in [-0.15, -0.1) is 12.4 Å². The van der Waals surface area contributed by atoms with Gasteiger partial charge in [-0.05, 0) is 36.6 Å². The third-order valence-corrected chi connectivity index (χ3v) is 4.26. The largest absolute Gasteiger partial charge is 0.493 e. The van der Waals surface area contributed by atoms with Gasteiger partial charge in [0.25, 0.3) is 0 Å². The molecule has 1 aromatic carbocycles. The van der Waals surface area contributed by atoms with Crippen LogP contribution in [0.4, 0.5) is 0 Å². The first kappa shape index (κ1) is 21.1. The van der Waals surface area contributed by atoms with Gasteiger partial charge in [-0.3, -0.25) is 9.59 Å². The van der Waals surface area contributed by atoms with E-state index in [-0.39, 0.29) is 30.7 Å². The Morgan fingerprint density at radius 2 is 1.84 bits per heavy atom. The molecule has 8 heteroatoms. The van der Waals surface area contributed by atoms with Gasteiger partial charge in [0.1, 0.15) is 0 Å². The molecule has 140 valence electrons. The van der Waals surface area contributed by atoms with E-state index >= 15 is 0 Å². The molecule has 7 nitrogen and oxygen atoms in total. The summed E-state index contributed by atoms with van der Waals surface area (Å²) < 4.78 is 15.5. The zero-order chi connectivity index (χ0) is 17.9. The molecule has 0 aromatic heterocycles. The SMILES string of the molecule is COC(=O)CC1c2cc(OC)c(OC)cc2CCN1C(=O)C(C)N.Cl. The number of carbonyl (C=O) groups excluding carboxylic acids is 2. The van der Waals surface area contributed by atoms with E-state index in [4.69, 9.17) is 19.9 Å². The minimum atomic E-state index is -0.633. The molecule has 1 aromatic rings. The van der Waals surface area contributed by atoms with Crippen LogP contribution in [0.2, 0.25) is 0 Å². The molecular formula is C17H25ClN2O5. The van der Waals surface area contributed by atoms with Crippen molar-refractivity contribution >= 4 is 24.3 Å². The number of methoxy groups -OCH3 is 3. The molecule has 1 heterocycles. The highest BCUT2D eigenvalue weighted by Gasteiger charge is 2.34. The second-order valence-corrected chi connectivity index (χ2v) is 5.77. The van der Waals surface area contributed by atoms with E-state index in [1.165, 1.54) is 7.11 Å². The molecule has 0 radical (unpaired) electrons. The molecule has 1 aliphatic heterocycles. The normalized spacial score (nSPS) is 17.0. The number of amides is 1. The fraction of sp³-hybridized carbons (Fsp3) is 0.529. The summed E-state index contributed by atoms with van der Waals surface area (Å²) in [5.41, 5.74) is 7.64. The van der Waals surface area contributed by atoms with Crippen molar-refractivity contribution < 1.29 is 23.8 Å². The molecule has 2 unspecified atom stereocenters. The van der Waals surface area contributed by atoms with Crippen LogP contribution in [0.25, 0.3) is 0 Å². The molecule has 0 saturated heterocycles. The number of nitrogens with two attached hydrogens (primary N) is 1. The van der Waals surface area contributed by atoms with Crippen LogP contribution in [0.15, 0.2) is 12.1 Å². The van der Waals surface area contributed by atoms with Crippen LogP contribution < -0.4 is 15.2 Å². The van der Waals surface area contributed by atoms with Gasteiger partial charge < -0.3 is 24.8 Å². The van der Waals surface area contributed by atoms with Gasteiger partial charge in [-0.2, -0.15) is 0 Å². The summed E-state index contributed by atoms with van der Waals surface area (Å²) in [6, 6.07) is 2.65. The van der Waals surface area contributed by atoms with Crippen molar-refractivity contribution in [3.05, 3.63) is 23.3 Å². The summed E-state index contributed by atoms with van der Waals surface area (Å²) in [4.78, 5) is 26.0. The molecule has 0 spiro atoms. The second-order valence-electron chi connectivity index (χ2n) is 5.77. The quantitative estimate of drug-likeness (QED) is 0.787. The van der Waals surface area contributed by atoms with E-state index in [1.807, 2.05) is 12.1 Å². The molecule has 0 aliphatic carbocycles. The lowest BCUT2D eigenvalue weighted by Gasteiger charge is -2.38. The van der Waals surface area contributed by atoms with Gasteiger partial charge in [0.2, 0.25) is 5.91 Å². The number of benzene rings is 1. The monoisotopic (exact) mass is 372 g/mol. The maximum Gasteiger partial charge on any atom is 0.307 e. The first-order chi connectivity index (χ1) is 11.4. The molecule has 0 saturated carbocycles. The maximum atomic E-state index is 12.5. The lowest BCUT2D eigenvalue weighted by Crippen LogP contribution is -2.47. The number of hydrogen-bond donors (Lipinski definition) is 1. The Hall–Kier alpha value is -1.99. The molecule has 25 heavy (non-hydrogen) atoms. The summed E-state index contributed by atoms with van der Waals surface area (Å²) in [6.45, 7) is 2.13. The smallest absolute Gasteiger partial charge is 0.307 e. The Morgan fingerprint density at radius 3 is 2.36 bits per heavy atom. The van der Waals surface area contributed by atoms with E-state index in [0.717, 1.165) is 11.1 Å². The Bertz CT molecular complexity index is 636.